The number of hydrogen-bond donors (Lipinski definition) is 2. The van der Waals surface area contributed by atoms with Crippen molar-refractivity contribution in [1.82, 2.24) is 10.2 Å². The Morgan fingerprint density at radius 3 is 2.40 bits per heavy atom. The van der Waals surface area contributed by atoms with Crippen molar-refractivity contribution in [2.45, 2.75) is 76.5 Å². The zero-order valence-corrected chi connectivity index (χ0v) is 13.1. The van der Waals surface area contributed by atoms with Gasteiger partial charge in [-0.25, -0.2) is 0 Å². The van der Waals surface area contributed by atoms with E-state index in [-0.39, 0.29) is 6.10 Å². The molecule has 1 saturated heterocycles. The Balaban J connectivity index is 1.54. The van der Waals surface area contributed by atoms with E-state index in [9.17, 15) is 5.11 Å². The second kappa shape index (κ2) is 6.76. The highest BCUT2D eigenvalue weighted by molar-refractivity contribution is 4.90. The molecule has 1 aliphatic heterocycles. The average Bonchev–Trinajstić information content (AvgIpc) is 2.86. The van der Waals surface area contributed by atoms with Crippen LogP contribution >= 0.6 is 0 Å². The molecule has 2 N–H and O–H groups in total. The minimum absolute atomic E-state index is 0.160. The SMILES string of the molecule is CC(O)C1CC(NC2CCCC2)CN(CC2CCC2)C1. The van der Waals surface area contributed by atoms with Crippen LogP contribution in [0.25, 0.3) is 0 Å². The fraction of sp³-hybridized carbons (Fsp3) is 1.00. The molecule has 3 aliphatic rings. The second-order valence-corrected chi connectivity index (χ2v) is 7.60. The van der Waals surface area contributed by atoms with E-state index in [1.807, 2.05) is 6.92 Å². The van der Waals surface area contributed by atoms with Crippen LogP contribution in [0.2, 0.25) is 0 Å². The first-order valence-corrected chi connectivity index (χ1v) is 8.87. The van der Waals surface area contributed by atoms with Crippen LogP contribution in [0.15, 0.2) is 0 Å². The van der Waals surface area contributed by atoms with Gasteiger partial charge in [0.05, 0.1) is 6.10 Å². The summed E-state index contributed by atoms with van der Waals surface area (Å²) in [5, 5.41) is 13.9. The standard InChI is InChI=1S/C17H32N2O/c1-13(20)15-9-17(18-16-7-2-3-8-16)12-19(11-15)10-14-5-4-6-14/h13-18,20H,2-12H2,1H3. The van der Waals surface area contributed by atoms with Crippen LogP contribution in [0.3, 0.4) is 0 Å². The monoisotopic (exact) mass is 280 g/mol. The minimum Gasteiger partial charge on any atom is -0.393 e. The molecule has 0 aromatic carbocycles. The maximum Gasteiger partial charge on any atom is 0.0553 e. The normalized spacial score (nSPS) is 35.1. The summed E-state index contributed by atoms with van der Waals surface area (Å²) in [5.74, 6) is 1.40. The zero-order valence-electron chi connectivity index (χ0n) is 13.1. The third-order valence-corrected chi connectivity index (χ3v) is 5.81. The topological polar surface area (TPSA) is 35.5 Å². The first kappa shape index (κ1) is 14.8. The molecule has 1 heterocycles. The van der Waals surface area contributed by atoms with Gasteiger partial charge >= 0.3 is 0 Å². The first-order valence-electron chi connectivity index (χ1n) is 8.87. The van der Waals surface area contributed by atoms with Gasteiger partial charge in [-0.2, -0.15) is 0 Å². The van der Waals surface area contributed by atoms with Crippen molar-refractivity contribution in [2.75, 3.05) is 19.6 Å². The fourth-order valence-corrected chi connectivity index (χ4v) is 4.32. The van der Waals surface area contributed by atoms with Gasteiger partial charge in [0.15, 0.2) is 0 Å². The zero-order chi connectivity index (χ0) is 13.9. The second-order valence-electron chi connectivity index (χ2n) is 7.60. The number of rotatable bonds is 5. The van der Waals surface area contributed by atoms with Crippen molar-refractivity contribution in [3.63, 3.8) is 0 Å². The Labute approximate surface area is 124 Å². The highest BCUT2D eigenvalue weighted by Gasteiger charge is 2.33. The van der Waals surface area contributed by atoms with Gasteiger partial charge in [-0.05, 0) is 50.9 Å². The quantitative estimate of drug-likeness (QED) is 0.812. The van der Waals surface area contributed by atoms with Crippen LogP contribution in [0.4, 0.5) is 0 Å². The van der Waals surface area contributed by atoms with Crippen LogP contribution < -0.4 is 5.32 Å². The molecule has 2 saturated carbocycles. The number of hydrogen-bond acceptors (Lipinski definition) is 3. The van der Waals surface area contributed by atoms with E-state index >= 15 is 0 Å². The third kappa shape index (κ3) is 3.75. The predicted molar refractivity (Wildman–Crippen MR) is 82.7 cm³/mol. The van der Waals surface area contributed by atoms with Crippen molar-refractivity contribution < 1.29 is 5.11 Å². The predicted octanol–water partition coefficient (Wildman–Crippen LogP) is 2.39. The van der Waals surface area contributed by atoms with Crippen molar-refractivity contribution >= 4 is 0 Å². The Hall–Kier alpha value is -0.120. The lowest BCUT2D eigenvalue weighted by atomic mass is 9.83. The number of nitrogens with zero attached hydrogens (tertiary/aromatic N) is 1. The van der Waals surface area contributed by atoms with Crippen molar-refractivity contribution in [3.8, 4) is 0 Å². The summed E-state index contributed by atoms with van der Waals surface area (Å²) in [6, 6.07) is 1.35. The van der Waals surface area contributed by atoms with Crippen LogP contribution in [-0.4, -0.2) is 47.8 Å². The molecule has 3 unspecified atom stereocenters. The van der Waals surface area contributed by atoms with Crippen LogP contribution in [-0.2, 0) is 0 Å². The summed E-state index contributed by atoms with van der Waals surface area (Å²) in [4.78, 5) is 2.64. The largest absolute Gasteiger partial charge is 0.393 e. The van der Waals surface area contributed by atoms with Gasteiger partial charge in [0.25, 0.3) is 0 Å². The number of nitrogens with one attached hydrogen (secondary N) is 1. The highest BCUT2D eigenvalue weighted by Crippen LogP contribution is 2.30. The maximum atomic E-state index is 10.0. The van der Waals surface area contributed by atoms with Crippen molar-refractivity contribution in [2.24, 2.45) is 11.8 Å². The molecule has 3 nitrogen and oxygen atoms in total. The van der Waals surface area contributed by atoms with E-state index < -0.39 is 0 Å². The first-order chi connectivity index (χ1) is 9.70. The lowest BCUT2D eigenvalue weighted by Crippen LogP contribution is -2.54. The number of likely N-dealkylation sites (tertiary alicyclic amines) is 1. The summed E-state index contributed by atoms with van der Waals surface area (Å²) < 4.78 is 0. The molecule has 0 aromatic heterocycles. The Bertz CT molecular complexity index is 295. The van der Waals surface area contributed by atoms with E-state index in [0.717, 1.165) is 24.9 Å². The molecule has 2 aliphatic carbocycles. The molecule has 0 radical (unpaired) electrons. The number of piperidine rings is 1. The Morgan fingerprint density at radius 1 is 1.05 bits per heavy atom. The molecule has 0 aromatic rings. The fourth-order valence-electron chi connectivity index (χ4n) is 4.32. The molecule has 116 valence electrons. The van der Waals surface area contributed by atoms with E-state index in [0.29, 0.717) is 12.0 Å². The summed E-state index contributed by atoms with van der Waals surface area (Å²) in [6.07, 6.45) is 10.8. The minimum atomic E-state index is -0.160. The Kier molecular flexibility index (Phi) is 5.00. The molecule has 20 heavy (non-hydrogen) atoms. The van der Waals surface area contributed by atoms with Gasteiger partial charge < -0.3 is 15.3 Å². The molecule has 0 bridgehead atoms. The third-order valence-electron chi connectivity index (χ3n) is 5.81. The summed E-state index contributed by atoms with van der Waals surface area (Å²) >= 11 is 0. The smallest absolute Gasteiger partial charge is 0.0553 e. The molecule has 3 atom stereocenters. The maximum absolute atomic E-state index is 10.0. The lowest BCUT2D eigenvalue weighted by molar-refractivity contribution is 0.0332. The number of aliphatic hydroxyl groups excluding tert-OH is 1. The lowest BCUT2D eigenvalue weighted by Gasteiger charge is -2.42. The molecular formula is C17H32N2O. The van der Waals surface area contributed by atoms with Crippen molar-refractivity contribution in [1.29, 1.82) is 0 Å². The summed E-state index contributed by atoms with van der Waals surface area (Å²) in [6.45, 7) is 5.56. The van der Waals surface area contributed by atoms with Gasteiger partial charge in [0.2, 0.25) is 0 Å². The van der Waals surface area contributed by atoms with Crippen LogP contribution in [0.5, 0.6) is 0 Å². The highest BCUT2D eigenvalue weighted by atomic mass is 16.3. The van der Waals surface area contributed by atoms with Crippen LogP contribution in [0, 0.1) is 11.8 Å². The van der Waals surface area contributed by atoms with Gasteiger partial charge in [0.1, 0.15) is 0 Å². The number of aliphatic hydroxyl groups is 1. The molecule has 3 rings (SSSR count). The summed E-state index contributed by atoms with van der Waals surface area (Å²) in [5.41, 5.74) is 0. The van der Waals surface area contributed by atoms with E-state index in [1.54, 1.807) is 0 Å². The van der Waals surface area contributed by atoms with E-state index in [2.05, 4.69) is 10.2 Å². The van der Waals surface area contributed by atoms with Gasteiger partial charge in [-0.1, -0.05) is 19.3 Å². The average molecular weight is 280 g/mol. The van der Waals surface area contributed by atoms with Gasteiger partial charge in [0, 0.05) is 31.7 Å². The molecule has 0 amide bonds. The van der Waals surface area contributed by atoms with Gasteiger partial charge in [-0.15, -0.1) is 0 Å². The van der Waals surface area contributed by atoms with E-state index in [4.69, 9.17) is 0 Å². The van der Waals surface area contributed by atoms with Crippen LogP contribution in [0.1, 0.15) is 58.3 Å². The summed E-state index contributed by atoms with van der Waals surface area (Å²) in [7, 11) is 0. The van der Waals surface area contributed by atoms with E-state index in [1.165, 1.54) is 58.0 Å². The molecule has 0 spiro atoms. The van der Waals surface area contributed by atoms with Crippen molar-refractivity contribution in [3.05, 3.63) is 0 Å². The van der Waals surface area contributed by atoms with Gasteiger partial charge in [-0.3, -0.25) is 0 Å². The Morgan fingerprint density at radius 2 is 1.80 bits per heavy atom. The molecule has 3 heteroatoms. The molecular weight excluding hydrogens is 248 g/mol. The molecule has 3 fully saturated rings.